The Morgan fingerprint density at radius 2 is 0.957 bits per heavy atom. The minimum Gasteiger partial charge on any atom is -0.384 e. The Morgan fingerprint density at radius 1 is 0.511 bits per heavy atom. The van der Waals surface area contributed by atoms with Crippen LogP contribution in [0.5, 0.6) is 0 Å². The third-order valence-electron chi connectivity index (χ3n) is 9.10. The third kappa shape index (κ3) is 6.22. The van der Waals surface area contributed by atoms with Gasteiger partial charge >= 0.3 is 0 Å². The van der Waals surface area contributed by atoms with Gasteiger partial charge in [0.2, 0.25) is 0 Å². The topological polar surface area (TPSA) is 88.5 Å². The van der Waals surface area contributed by atoms with E-state index in [1.54, 1.807) is 121 Å². The molecule has 0 radical (unpaired) electrons. The van der Waals surface area contributed by atoms with E-state index in [4.69, 9.17) is 23.2 Å². The van der Waals surface area contributed by atoms with Crippen molar-refractivity contribution >= 4 is 46.3 Å². The van der Waals surface area contributed by atoms with Crippen molar-refractivity contribution in [2.45, 2.75) is 12.0 Å². The Kier molecular flexibility index (Phi) is 9.33. The number of rotatable bonds is 9. The molecule has 0 bridgehead atoms. The van der Waals surface area contributed by atoms with Gasteiger partial charge in [-0.2, -0.15) is 0 Å². The van der Waals surface area contributed by atoms with Gasteiger partial charge in [0, 0.05) is 40.0 Å². The molecule has 5 atom stereocenters. The standard InChI is InChI=1S/C40H30Cl2O5/c41-31-22-21-28(23-32(31)42)38(45)33-30(36(43)25-13-5-1-6-14-25)24-40(47,29-19-11-4-12-20-29)35(39(46)27-17-9-3-10-18-27)34(33)37(44)26-15-7-2-8-16-26/h1-23,30,33-35,47H,24H2. The maximum Gasteiger partial charge on any atom is 0.169 e. The molecular weight excluding hydrogens is 631 g/mol. The summed E-state index contributed by atoms with van der Waals surface area (Å²) in [6, 6.07) is 38.2. The zero-order valence-electron chi connectivity index (χ0n) is 25.1. The molecule has 1 aliphatic rings. The number of hydrogen-bond acceptors (Lipinski definition) is 5. The van der Waals surface area contributed by atoms with E-state index in [0.29, 0.717) is 11.1 Å². The first kappa shape index (κ1) is 32.3. The maximum absolute atomic E-state index is 14.9. The van der Waals surface area contributed by atoms with Gasteiger partial charge in [0.05, 0.1) is 16.0 Å². The molecule has 234 valence electrons. The summed E-state index contributed by atoms with van der Waals surface area (Å²) in [4.78, 5) is 58.9. The van der Waals surface area contributed by atoms with E-state index in [0.717, 1.165) is 0 Å². The van der Waals surface area contributed by atoms with E-state index < -0.39 is 52.4 Å². The molecule has 0 amide bonds. The van der Waals surface area contributed by atoms with Gasteiger partial charge < -0.3 is 5.11 Å². The molecule has 5 nitrogen and oxygen atoms in total. The fourth-order valence-electron chi connectivity index (χ4n) is 6.90. The fraction of sp³-hybridized carbons (Fsp3) is 0.150. The minimum absolute atomic E-state index is 0.128. The molecule has 47 heavy (non-hydrogen) atoms. The Balaban J connectivity index is 1.65. The number of ketones is 4. The lowest BCUT2D eigenvalue weighted by molar-refractivity contribution is -0.0846. The van der Waals surface area contributed by atoms with Gasteiger partial charge in [-0.05, 0) is 30.2 Å². The van der Waals surface area contributed by atoms with Crippen molar-refractivity contribution in [3.8, 4) is 0 Å². The Bertz CT molecular complexity index is 1930. The van der Waals surface area contributed by atoms with Crippen molar-refractivity contribution in [3.05, 3.63) is 177 Å². The summed E-state index contributed by atoms with van der Waals surface area (Å²) in [6.45, 7) is 0. The molecule has 0 heterocycles. The molecule has 0 spiro atoms. The van der Waals surface area contributed by atoms with Gasteiger partial charge in [-0.15, -0.1) is 0 Å². The van der Waals surface area contributed by atoms with Crippen LogP contribution in [0, 0.1) is 23.7 Å². The summed E-state index contributed by atoms with van der Waals surface area (Å²) in [6.07, 6.45) is -0.287. The molecule has 1 saturated carbocycles. The molecule has 6 rings (SSSR count). The van der Waals surface area contributed by atoms with Crippen LogP contribution in [0.15, 0.2) is 140 Å². The molecular formula is C40H30Cl2O5. The van der Waals surface area contributed by atoms with E-state index in [2.05, 4.69) is 0 Å². The first-order chi connectivity index (χ1) is 22.7. The number of carbonyl (C=O) groups excluding carboxylic acids is 4. The Labute approximate surface area is 282 Å². The molecule has 1 aliphatic carbocycles. The van der Waals surface area contributed by atoms with Crippen LogP contribution in [-0.4, -0.2) is 28.2 Å². The molecule has 1 fully saturated rings. The van der Waals surface area contributed by atoms with Crippen molar-refractivity contribution in [2.24, 2.45) is 23.7 Å². The van der Waals surface area contributed by atoms with Crippen LogP contribution in [0.25, 0.3) is 0 Å². The van der Waals surface area contributed by atoms with Crippen LogP contribution in [0.3, 0.4) is 0 Å². The van der Waals surface area contributed by atoms with Crippen LogP contribution in [0.1, 0.15) is 53.4 Å². The van der Waals surface area contributed by atoms with E-state index in [1.807, 2.05) is 0 Å². The van der Waals surface area contributed by atoms with Crippen molar-refractivity contribution in [2.75, 3.05) is 0 Å². The number of halogens is 2. The normalized spacial score (nSPS) is 22.3. The predicted molar refractivity (Wildman–Crippen MR) is 182 cm³/mol. The lowest BCUT2D eigenvalue weighted by Crippen LogP contribution is -2.58. The Morgan fingerprint density at radius 3 is 1.47 bits per heavy atom. The largest absolute Gasteiger partial charge is 0.384 e. The molecule has 0 aromatic heterocycles. The van der Waals surface area contributed by atoms with Gasteiger partial charge in [0.1, 0.15) is 5.60 Å². The van der Waals surface area contributed by atoms with Crippen LogP contribution in [0.4, 0.5) is 0 Å². The molecule has 0 aliphatic heterocycles. The summed E-state index contributed by atoms with van der Waals surface area (Å²) in [5, 5.41) is 13.3. The molecule has 7 heteroatoms. The monoisotopic (exact) mass is 660 g/mol. The molecule has 1 N–H and O–H groups in total. The highest BCUT2D eigenvalue weighted by Crippen LogP contribution is 2.54. The number of hydrogen-bond donors (Lipinski definition) is 1. The molecule has 5 aromatic carbocycles. The molecule has 0 saturated heterocycles. The Hall–Kier alpha value is -4.68. The van der Waals surface area contributed by atoms with Crippen molar-refractivity contribution in [1.82, 2.24) is 0 Å². The summed E-state index contributed by atoms with van der Waals surface area (Å²) in [7, 11) is 0. The lowest BCUT2D eigenvalue weighted by Gasteiger charge is -2.50. The average molecular weight is 662 g/mol. The minimum atomic E-state index is -2.01. The van der Waals surface area contributed by atoms with Gasteiger partial charge in [0.15, 0.2) is 23.1 Å². The number of aliphatic hydroxyl groups is 1. The summed E-state index contributed by atoms with van der Waals surface area (Å²) >= 11 is 12.6. The second-order valence-corrected chi connectivity index (χ2v) is 12.6. The van der Waals surface area contributed by atoms with Crippen LogP contribution < -0.4 is 0 Å². The molecule has 5 aromatic rings. The summed E-state index contributed by atoms with van der Waals surface area (Å²) < 4.78 is 0. The predicted octanol–water partition coefficient (Wildman–Crippen LogP) is 8.58. The summed E-state index contributed by atoms with van der Waals surface area (Å²) in [5.74, 6) is -7.42. The smallest absolute Gasteiger partial charge is 0.169 e. The van der Waals surface area contributed by atoms with Gasteiger partial charge in [-0.3, -0.25) is 19.2 Å². The van der Waals surface area contributed by atoms with E-state index >= 15 is 0 Å². The van der Waals surface area contributed by atoms with Gasteiger partial charge in [-0.1, -0.05) is 145 Å². The van der Waals surface area contributed by atoms with Crippen molar-refractivity contribution in [1.29, 1.82) is 0 Å². The van der Waals surface area contributed by atoms with E-state index in [-0.39, 0.29) is 33.2 Å². The zero-order valence-corrected chi connectivity index (χ0v) is 26.6. The van der Waals surface area contributed by atoms with Gasteiger partial charge in [-0.25, -0.2) is 0 Å². The van der Waals surface area contributed by atoms with E-state index in [9.17, 15) is 24.3 Å². The fourth-order valence-corrected chi connectivity index (χ4v) is 7.20. The number of benzene rings is 5. The van der Waals surface area contributed by atoms with Gasteiger partial charge in [0.25, 0.3) is 0 Å². The van der Waals surface area contributed by atoms with Crippen molar-refractivity contribution in [3.63, 3.8) is 0 Å². The van der Waals surface area contributed by atoms with Crippen LogP contribution in [-0.2, 0) is 5.60 Å². The second kappa shape index (κ2) is 13.6. The first-order valence-electron chi connectivity index (χ1n) is 15.3. The maximum atomic E-state index is 14.9. The third-order valence-corrected chi connectivity index (χ3v) is 9.84. The van der Waals surface area contributed by atoms with E-state index in [1.165, 1.54) is 18.2 Å². The molecule has 5 unspecified atom stereocenters. The number of Topliss-reactive ketones (excluding diaryl/α,β-unsaturated/α-hetero) is 4. The highest BCUT2D eigenvalue weighted by atomic mass is 35.5. The highest BCUT2D eigenvalue weighted by Gasteiger charge is 2.61. The SMILES string of the molecule is O=C(c1ccccc1)C1CC(O)(c2ccccc2)C(C(=O)c2ccccc2)C(C(=O)c2ccccc2)C1C(=O)c1ccc(Cl)c(Cl)c1. The quantitative estimate of drug-likeness (QED) is 0.160. The van der Waals surface area contributed by atoms with Crippen LogP contribution in [0.2, 0.25) is 10.0 Å². The lowest BCUT2D eigenvalue weighted by atomic mass is 9.52. The average Bonchev–Trinajstić information content (AvgIpc) is 3.12. The first-order valence-corrected chi connectivity index (χ1v) is 16.0. The van der Waals surface area contributed by atoms with Crippen molar-refractivity contribution < 1.29 is 24.3 Å². The zero-order chi connectivity index (χ0) is 33.1. The second-order valence-electron chi connectivity index (χ2n) is 11.8. The van der Waals surface area contributed by atoms with Crippen LogP contribution >= 0.6 is 23.2 Å². The summed E-state index contributed by atoms with van der Waals surface area (Å²) in [5.41, 5.74) is -0.667. The highest BCUT2D eigenvalue weighted by molar-refractivity contribution is 6.42. The number of carbonyl (C=O) groups is 4.